The van der Waals surface area contributed by atoms with Crippen LogP contribution in [0.5, 0.6) is 5.75 Å². The maximum atomic E-state index is 10.9. The van der Waals surface area contributed by atoms with E-state index in [9.17, 15) is 9.90 Å². The first-order valence-electron chi connectivity index (χ1n) is 6.60. The van der Waals surface area contributed by atoms with Gasteiger partial charge in [-0.25, -0.2) is 0 Å². The summed E-state index contributed by atoms with van der Waals surface area (Å²) in [4.78, 5) is 10.9. The molecule has 1 aliphatic carbocycles. The molecule has 1 fully saturated rings. The van der Waals surface area contributed by atoms with E-state index in [4.69, 9.17) is 9.84 Å². The van der Waals surface area contributed by atoms with Crippen LogP contribution in [0.3, 0.4) is 0 Å². The quantitative estimate of drug-likeness (QED) is 0.390. The second-order valence-corrected chi connectivity index (χ2v) is 8.73. The van der Waals surface area contributed by atoms with Crippen molar-refractivity contribution in [2.24, 2.45) is 11.8 Å². The number of benzene rings is 1. The number of aliphatic hydroxyl groups excluding tert-OH is 1. The van der Waals surface area contributed by atoms with Crippen molar-refractivity contribution in [3.63, 3.8) is 0 Å². The Morgan fingerprint density at radius 2 is 1.67 bits per heavy atom. The average molecular weight is 628 g/mol. The van der Waals surface area contributed by atoms with Crippen molar-refractivity contribution >= 4 is 73.7 Å². The van der Waals surface area contributed by atoms with Crippen molar-refractivity contribution < 1.29 is 19.7 Å². The van der Waals surface area contributed by atoms with E-state index in [2.05, 4.69) is 67.8 Å². The number of hydrogen-bond acceptors (Lipinski definition) is 3. The van der Waals surface area contributed by atoms with Crippen LogP contribution in [-0.2, 0) is 4.79 Å². The topological polar surface area (TPSA) is 66.8 Å². The molecule has 1 unspecified atom stereocenters. The van der Waals surface area contributed by atoms with Gasteiger partial charge in [0, 0.05) is 9.49 Å². The molecule has 0 amide bonds. The Morgan fingerprint density at radius 1 is 1.14 bits per heavy atom. The molecule has 0 heterocycles. The molecule has 1 aliphatic rings. The summed E-state index contributed by atoms with van der Waals surface area (Å²) in [5, 5.41) is 19.3. The van der Waals surface area contributed by atoms with E-state index in [0.717, 1.165) is 10.7 Å². The molecule has 0 aromatic heterocycles. The van der Waals surface area contributed by atoms with E-state index in [1.807, 2.05) is 12.1 Å². The summed E-state index contributed by atoms with van der Waals surface area (Å²) in [5.74, 6) is -0.284. The van der Waals surface area contributed by atoms with Crippen LogP contribution in [0.15, 0.2) is 12.1 Å². The van der Waals surface area contributed by atoms with Gasteiger partial charge in [0.25, 0.3) is 0 Å². The van der Waals surface area contributed by atoms with Crippen LogP contribution < -0.4 is 4.74 Å². The molecule has 2 rings (SSSR count). The molecule has 1 atom stereocenters. The summed E-state index contributed by atoms with van der Waals surface area (Å²) in [6.07, 6.45) is 1.73. The molecule has 1 aromatic rings. The van der Waals surface area contributed by atoms with Crippen molar-refractivity contribution in [1.82, 2.24) is 0 Å². The summed E-state index contributed by atoms with van der Waals surface area (Å²) in [7, 11) is 0. The average Bonchev–Trinajstić information content (AvgIpc) is 2.42. The van der Waals surface area contributed by atoms with Gasteiger partial charge in [-0.15, -0.1) is 0 Å². The first-order valence-corrected chi connectivity index (χ1v) is 9.84. The Balaban J connectivity index is 2.00. The molecule has 0 radical (unpaired) electrons. The van der Waals surface area contributed by atoms with Crippen molar-refractivity contribution in [2.75, 3.05) is 0 Å². The Kier molecular flexibility index (Phi) is 6.81. The van der Waals surface area contributed by atoms with Crippen LogP contribution in [0, 0.1) is 22.5 Å². The molecule has 7 heteroatoms. The minimum atomic E-state index is -0.873. The fraction of sp³-hybridized carbons (Fsp3) is 0.500. The fourth-order valence-electron chi connectivity index (χ4n) is 2.51. The molecule has 2 N–H and O–H groups in total. The number of rotatable bonds is 4. The number of carboxylic acids is 1. The largest absolute Gasteiger partial charge is 0.481 e. The molecule has 1 aromatic carbocycles. The highest BCUT2D eigenvalue weighted by Gasteiger charge is 2.31. The number of hydrogen-bond donors (Lipinski definition) is 2. The third-order valence-corrected chi connectivity index (χ3v) is 5.95. The smallest absolute Gasteiger partial charge is 0.306 e. The van der Waals surface area contributed by atoms with Crippen molar-refractivity contribution in [2.45, 2.75) is 32.0 Å². The zero-order valence-electron chi connectivity index (χ0n) is 11.1. The first kappa shape index (κ1) is 18.0. The highest BCUT2D eigenvalue weighted by Crippen LogP contribution is 2.35. The number of ether oxygens (including phenoxy) is 1. The monoisotopic (exact) mass is 628 g/mol. The summed E-state index contributed by atoms with van der Waals surface area (Å²) >= 11 is 6.66. The number of aliphatic carboxylic acids is 1. The third-order valence-electron chi connectivity index (χ3n) is 3.73. The van der Waals surface area contributed by atoms with Gasteiger partial charge in [0.2, 0.25) is 0 Å². The second kappa shape index (κ2) is 7.95. The highest BCUT2D eigenvalue weighted by molar-refractivity contribution is 14.1. The van der Waals surface area contributed by atoms with Gasteiger partial charge in [0.1, 0.15) is 5.75 Å². The SMILES string of the molecule is O=C(O)C1CCC(C(O)Oc2c(I)cc(I)cc2I)CC1. The van der Waals surface area contributed by atoms with E-state index < -0.39 is 12.3 Å². The Morgan fingerprint density at radius 3 is 2.14 bits per heavy atom. The van der Waals surface area contributed by atoms with Crippen LogP contribution in [0.2, 0.25) is 0 Å². The van der Waals surface area contributed by atoms with Crippen LogP contribution in [0.1, 0.15) is 25.7 Å². The predicted molar refractivity (Wildman–Crippen MR) is 104 cm³/mol. The molecule has 0 bridgehead atoms. The molecular formula is C14H15I3O4. The van der Waals surface area contributed by atoms with Gasteiger partial charge < -0.3 is 14.9 Å². The van der Waals surface area contributed by atoms with Gasteiger partial charge in [0.05, 0.1) is 13.1 Å². The zero-order valence-corrected chi connectivity index (χ0v) is 17.5. The molecular weight excluding hydrogens is 613 g/mol. The molecule has 116 valence electrons. The van der Waals surface area contributed by atoms with Gasteiger partial charge in [-0.2, -0.15) is 0 Å². The molecule has 21 heavy (non-hydrogen) atoms. The lowest BCUT2D eigenvalue weighted by Crippen LogP contribution is -2.32. The van der Waals surface area contributed by atoms with E-state index in [-0.39, 0.29) is 11.8 Å². The minimum absolute atomic E-state index is 0.00600. The van der Waals surface area contributed by atoms with Crippen molar-refractivity contribution in [1.29, 1.82) is 0 Å². The standard InChI is InChI=1S/C14H15I3O4/c15-9-5-10(16)12(11(17)6-9)21-14(20)8-3-1-7(2-4-8)13(18)19/h5-8,14,20H,1-4H2,(H,18,19). The Hall–Kier alpha value is 0.640. The van der Waals surface area contributed by atoms with Gasteiger partial charge >= 0.3 is 5.97 Å². The highest BCUT2D eigenvalue weighted by atomic mass is 127. The Labute approximate surface area is 164 Å². The summed E-state index contributed by atoms with van der Waals surface area (Å²) in [6.45, 7) is 0. The van der Waals surface area contributed by atoms with Crippen LogP contribution in [-0.4, -0.2) is 22.5 Å². The zero-order chi connectivity index (χ0) is 15.6. The Bertz CT molecular complexity index is 504. The lowest BCUT2D eigenvalue weighted by molar-refractivity contribution is -0.144. The minimum Gasteiger partial charge on any atom is -0.481 e. The molecule has 0 spiro atoms. The molecule has 1 saturated carbocycles. The number of aliphatic hydroxyl groups is 1. The lowest BCUT2D eigenvalue weighted by Gasteiger charge is -2.30. The van der Waals surface area contributed by atoms with E-state index in [1.54, 1.807) is 0 Å². The normalized spacial score (nSPS) is 23.6. The number of carbonyl (C=O) groups is 1. The van der Waals surface area contributed by atoms with Crippen molar-refractivity contribution in [3.05, 3.63) is 22.8 Å². The van der Waals surface area contributed by atoms with Crippen LogP contribution in [0.4, 0.5) is 0 Å². The predicted octanol–water partition coefficient (Wildman–Crippen LogP) is 4.09. The van der Waals surface area contributed by atoms with E-state index in [1.165, 1.54) is 0 Å². The molecule has 4 nitrogen and oxygen atoms in total. The van der Waals surface area contributed by atoms with E-state index in [0.29, 0.717) is 31.4 Å². The van der Waals surface area contributed by atoms with Gasteiger partial charge in [0.15, 0.2) is 6.29 Å². The van der Waals surface area contributed by atoms with E-state index >= 15 is 0 Å². The van der Waals surface area contributed by atoms with Crippen LogP contribution >= 0.6 is 67.8 Å². The molecule has 0 aliphatic heterocycles. The number of halogens is 3. The number of carboxylic acid groups (broad SMARTS) is 1. The first-order chi connectivity index (χ1) is 9.88. The van der Waals surface area contributed by atoms with Crippen LogP contribution in [0.25, 0.3) is 0 Å². The molecule has 0 saturated heterocycles. The van der Waals surface area contributed by atoms with Gasteiger partial charge in [-0.05, 0) is 106 Å². The van der Waals surface area contributed by atoms with Gasteiger partial charge in [-0.3, -0.25) is 4.79 Å². The second-order valence-electron chi connectivity index (χ2n) is 5.16. The summed E-state index contributed by atoms with van der Waals surface area (Å²) in [6, 6.07) is 4.01. The maximum absolute atomic E-state index is 10.9. The summed E-state index contributed by atoms with van der Waals surface area (Å²) in [5.41, 5.74) is 0. The maximum Gasteiger partial charge on any atom is 0.306 e. The summed E-state index contributed by atoms with van der Waals surface area (Å²) < 4.78 is 8.83. The van der Waals surface area contributed by atoms with Crippen molar-refractivity contribution in [3.8, 4) is 5.75 Å². The fourth-order valence-corrected chi connectivity index (χ4v) is 6.35. The van der Waals surface area contributed by atoms with Gasteiger partial charge in [-0.1, -0.05) is 0 Å². The third kappa shape index (κ3) is 4.80. The lowest BCUT2D eigenvalue weighted by atomic mass is 9.82.